The van der Waals surface area contributed by atoms with Crippen molar-refractivity contribution in [2.75, 3.05) is 14.2 Å². The van der Waals surface area contributed by atoms with Gasteiger partial charge in [0.05, 0.1) is 14.2 Å². The van der Waals surface area contributed by atoms with Gasteiger partial charge in [-0.3, -0.25) is 0 Å². The second-order valence-electron chi connectivity index (χ2n) is 4.99. The zero-order valence-corrected chi connectivity index (χ0v) is 14.0. The molecule has 0 fully saturated rings. The van der Waals surface area contributed by atoms with Gasteiger partial charge in [0.15, 0.2) is 5.76 Å². The standard InChI is InChI=1S/C16H17O5P/c1-8-6-9(2)11(10(3)7-8)13-12(15(17)19-4)14(22-21-13)16(18)20-5/h6-7H,1-5H3. The van der Waals surface area contributed by atoms with Crippen LogP contribution in [-0.2, 0) is 9.47 Å². The predicted molar refractivity (Wildman–Crippen MR) is 83.5 cm³/mol. The lowest BCUT2D eigenvalue weighted by atomic mass is 9.95. The van der Waals surface area contributed by atoms with Gasteiger partial charge in [-0.15, -0.1) is 0 Å². The Balaban J connectivity index is 2.74. The summed E-state index contributed by atoms with van der Waals surface area (Å²) in [5.41, 5.74) is 3.99. The van der Waals surface area contributed by atoms with Gasteiger partial charge in [-0.05, 0) is 31.9 Å². The normalized spacial score (nSPS) is 10.8. The molecule has 1 aromatic carbocycles. The third-order valence-electron chi connectivity index (χ3n) is 3.36. The lowest BCUT2D eigenvalue weighted by molar-refractivity contribution is 0.0560. The second kappa shape index (κ2) is 6.32. The van der Waals surface area contributed by atoms with E-state index in [9.17, 15) is 9.59 Å². The summed E-state index contributed by atoms with van der Waals surface area (Å²) in [7, 11) is 2.81. The Bertz CT molecular complexity index is 722. The van der Waals surface area contributed by atoms with Crippen LogP contribution in [0.4, 0.5) is 0 Å². The fourth-order valence-electron chi connectivity index (χ4n) is 2.53. The number of esters is 2. The molecule has 0 saturated carbocycles. The quantitative estimate of drug-likeness (QED) is 0.799. The smallest absolute Gasteiger partial charge is 0.346 e. The van der Waals surface area contributed by atoms with Crippen LogP contribution in [0.5, 0.6) is 0 Å². The predicted octanol–water partition coefficient (Wildman–Crippen LogP) is 4.03. The van der Waals surface area contributed by atoms with Crippen molar-refractivity contribution in [1.29, 1.82) is 0 Å². The molecule has 2 aromatic rings. The molecule has 22 heavy (non-hydrogen) atoms. The molecule has 0 amide bonds. The van der Waals surface area contributed by atoms with Crippen molar-refractivity contribution in [1.82, 2.24) is 0 Å². The van der Waals surface area contributed by atoms with Crippen LogP contribution in [0, 0.1) is 20.8 Å². The van der Waals surface area contributed by atoms with Crippen LogP contribution in [0.2, 0.25) is 0 Å². The van der Waals surface area contributed by atoms with Gasteiger partial charge >= 0.3 is 11.9 Å². The highest BCUT2D eigenvalue weighted by molar-refractivity contribution is 7.26. The number of aryl methyl sites for hydroxylation is 3. The SMILES string of the molecule is COC(=O)c1poc(-c2c(C)cc(C)cc2C)c1C(=O)OC. The maximum atomic E-state index is 12.1. The molecule has 1 aromatic heterocycles. The average molecular weight is 320 g/mol. The fourth-order valence-corrected chi connectivity index (χ4v) is 3.34. The first-order chi connectivity index (χ1) is 10.4. The van der Waals surface area contributed by atoms with Crippen molar-refractivity contribution in [2.45, 2.75) is 20.8 Å². The maximum Gasteiger partial charge on any atom is 0.346 e. The highest BCUT2D eigenvalue weighted by atomic mass is 31.1. The van der Waals surface area contributed by atoms with Gasteiger partial charge in [0.25, 0.3) is 0 Å². The first-order valence-electron chi connectivity index (χ1n) is 6.65. The molecule has 0 bridgehead atoms. The average Bonchev–Trinajstić information content (AvgIpc) is 2.89. The molecule has 2 rings (SSSR count). The van der Waals surface area contributed by atoms with E-state index in [4.69, 9.17) is 13.7 Å². The number of hydrogen-bond donors (Lipinski definition) is 0. The van der Waals surface area contributed by atoms with Gasteiger partial charge < -0.3 is 13.7 Å². The summed E-state index contributed by atoms with van der Waals surface area (Å²) < 4.78 is 15.1. The minimum absolute atomic E-state index is 0.131. The van der Waals surface area contributed by atoms with Crippen LogP contribution >= 0.6 is 8.43 Å². The highest BCUT2D eigenvalue weighted by Crippen LogP contribution is 2.39. The Labute approximate surface area is 130 Å². The zero-order valence-electron chi connectivity index (χ0n) is 13.1. The largest absolute Gasteiger partial charge is 0.465 e. The molecule has 0 aliphatic rings. The van der Waals surface area contributed by atoms with Gasteiger partial charge in [-0.25, -0.2) is 9.59 Å². The van der Waals surface area contributed by atoms with Crippen LogP contribution in [0.3, 0.4) is 0 Å². The molecular formula is C16H17O5P. The molecule has 1 heterocycles. The molecule has 0 radical (unpaired) electrons. The molecule has 116 valence electrons. The fraction of sp³-hybridized carbons (Fsp3) is 0.312. The summed E-state index contributed by atoms with van der Waals surface area (Å²) in [6, 6.07) is 4.00. The summed E-state index contributed by atoms with van der Waals surface area (Å²) in [4.78, 5) is 24.0. The van der Waals surface area contributed by atoms with Gasteiger partial charge in [0.1, 0.15) is 19.3 Å². The first-order valence-corrected chi connectivity index (χ1v) is 7.46. The van der Waals surface area contributed by atoms with E-state index in [1.165, 1.54) is 14.2 Å². The van der Waals surface area contributed by atoms with Crippen molar-refractivity contribution < 1.29 is 23.3 Å². The van der Waals surface area contributed by atoms with Crippen LogP contribution < -0.4 is 0 Å². The number of carbonyl (C=O) groups is 2. The van der Waals surface area contributed by atoms with Crippen molar-refractivity contribution in [3.8, 4) is 11.3 Å². The van der Waals surface area contributed by atoms with Crippen molar-refractivity contribution in [2.24, 2.45) is 0 Å². The summed E-state index contributed by atoms with van der Waals surface area (Å²) in [5.74, 6) is -0.844. The number of ether oxygens (including phenoxy) is 2. The molecule has 0 spiro atoms. The van der Waals surface area contributed by atoms with Crippen molar-refractivity contribution in [3.63, 3.8) is 0 Å². The number of carbonyl (C=O) groups excluding carboxylic acids is 2. The lowest BCUT2D eigenvalue weighted by Gasteiger charge is -2.10. The van der Waals surface area contributed by atoms with Gasteiger partial charge in [0.2, 0.25) is 0 Å². The van der Waals surface area contributed by atoms with Crippen LogP contribution in [-0.4, -0.2) is 26.2 Å². The third kappa shape index (κ3) is 2.77. The topological polar surface area (TPSA) is 65.7 Å². The van der Waals surface area contributed by atoms with E-state index in [2.05, 4.69) is 0 Å². The molecule has 0 aliphatic carbocycles. The number of hydrogen-bond acceptors (Lipinski definition) is 5. The molecule has 5 nitrogen and oxygen atoms in total. The van der Waals surface area contributed by atoms with E-state index in [1.807, 2.05) is 32.9 Å². The van der Waals surface area contributed by atoms with Crippen LogP contribution in [0.1, 0.15) is 37.1 Å². The van der Waals surface area contributed by atoms with E-state index < -0.39 is 11.9 Å². The Morgan fingerprint density at radius 3 is 2.05 bits per heavy atom. The maximum absolute atomic E-state index is 12.1. The Morgan fingerprint density at radius 2 is 1.55 bits per heavy atom. The molecule has 0 N–H and O–H groups in total. The van der Waals surface area contributed by atoms with E-state index in [0.29, 0.717) is 5.76 Å². The molecule has 0 aliphatic heterocycles. The van der Waals surface area contributed by atoms with Crippen LogP contribution in [0.15, 0.2) is 16.3 Å². The van der Waals surface area contributed by atoms with E-state index in [0.717, 1.165) is 22.3 Å². The van der Waals surface area contributed by atoms with Crippen molar-refractivity contribution in [3.05, 3.63) is 39.7 Å². The Kier molecular flexibility index (Phi) is 4.67. The number of methoxy groups -OCH3 is 2. The molecule has 0 saturated heterocycles. The molecule has 6 heteroatoms. The molecule has 0 atom stereocenters. The lowest BCUT2D eigenvalue weighted by Crippen LogP contribution is -2.10. The van der Waals surface area contributed by atoms with Gasteiger partial charge in [0, 0.05) is 5.56 Å². The third-order valence-corrected chi connectivity index (χ3v) is 4.23. The first kappa shape index (κ1) is 16.2. The van der Waals surface area contributed by atoms with E-state index in [1.54, 1.807) is 0 Å². The molecular weight excluding hydrogens is 303 g/mol. The van der Waals surface area contributed by atoms with Gasteiger partial charge in [-0.2, -0.15) is 0 Å². The molecule has 0 unspecified atom stereocenters. The summed E-state index contributed by atoms with van der Waals surface area (Å²) >= 11 is 0. The van der Waals surface area contributed by atoms with Gasteiger partial charge in [-0.1, -0.05) is 17.7 Å². The monoisotopic (exact) mass is 320 g/mol. The second-order valence-corrected chi connectivity index (χ2v) is 5.80. The minimum atomic E-state index is -0.611. The Hall–Kier alpha value is -2.13. The number of benzene rings is 1. The van der Waals surface area contributed by atoms with E-state index >= 15 is 0 Å². The number of rotatable bonds is 3. The summed E-state index contributed by atoms with van der Waals surface area (Å²) in [5, 5.41) is 0.156. The summed E-state index contributed by atoms with van der Waals surface area (Å²) in [6.45, 7) is 5.88. The van der Waals surface area contributed by atoms with Crippen LogP contribution in [0.25, 0.3) is 11.3 Å². The van der Waals surface area contributed by atoms with Crippen molar-refractivity contribution >= 4 is 20.4 Å². The zero-order chi connectivity index (χ0) is 16.4. The highest BCUT2D eigenvalue weighted by Gasteiger charge is 2.29. The minimum Gasteiger partial charge on any atom is -0.465 e. The summed E-state index contributed by atoms with van der Waals surface area (Å²) in [6.07, 6.45) is 0. The Morgan fingerprint density at radius 1 is 1.00 bits per heavy atom. The van der Waals surface area contributed by atoms with E-state index in [-0.39, 0.29) is 19.3 Å².